The summed E-state index contributed by atoms with van der Waals surface area (Å²) in [7, 11) is 0.246. The summed E-state index contributed by atoms with van der Waals surface area (Å²) in [4.78, 5) is 1.21. The molecule has 2 heteroatoms. The molecule has 0 radical (unpaired) electrons. The quantitative estimate of drug-likeness (QED) is 0.547. The van der Waals surface area contributed by atoms with Gasteiger partial charge in [-0.15, -0.1) is 0 Å². The van der Waals surface area contributed by atoms with E-state index >= 15 is 0 Å². The lowest BCUT2D eigenvalue weighted by Crippen LogP contribution is -1.94. The van der Waals surface area contributed by atoms with E-state index in [9.17, 15) is 4.39 Å². The van der Waals surface area contributed by atoms with Crippen molar-refractivity contribution in [3.8, 4) is 0 Å². The highest BCUT2D eigenvalue weighted by Gasteiger charge is 2.05. The van der Waals surface area contributed by atoms with Crippen LogP contribution in [0, 0.1) is 5.82 Å². The van der Waals surface area contributed by atoms with Crippen LogP contribution in [0.4, 0.5) is 4.39 Å². The van der Waals surface area contributed by atoms with E-state index < -0.39 is 0 Å². The second kappa shape index (κ2) is 3.06. The van der Waals surface area contributed by atoms with Crippen LogP contribution in [0.1, 0.15) is 0 Å². The van der Waals surface area contributed by atoms with Crippen molar-refractivity contribution < 1.29 is 4.39 Å². The molecule has 1 aromatic rings. The molecule has 0 aromatic heterocycles. The van der Waals surface area contributed by atoms with E-state index in [4.69, 9.17) is 0 Å². The summed E-state index contributed by atoms with van der Waals surface area (Å²) in [5, 5.41) is 0. The molecule has 0 aliphatic heterocycles. The van der Waals surface area contributed by atoms with E-state index in [0.29, 0.717) is 0 Å². The van der Waals surface area contributed by atoms with Crippen LogP contribution in [0.5, 0.6) is 0 Å². The standard InChI is InChI=1S/C8H10FS/c1-10(2)8-5-3-7(9)4-6-8/h3-6H,1-2H3/q+1. The van der Waals surface area contributed by atoms with Crippen molar-refractivity contribution in [2.45, 2.75) is 4.90 Å². The van der Waals surface area contributed by atoms with Crippen LogP contribution in [0.25, 0.3) is 0 Å². The third-order valence-electron chi connectivity index (χ3n) is 1.29. The van der Waals surface area contributed by atoms with Crippen molar-refractivity contribution in [1.82, 2.24) is 0 Å². The Morgan fingerprint density at radius 2 is 1.60 bits per heavy atom. The van der Waals surface area contributed by atoms with Crippen LogP contribution in [-0.4, -0.2) is 12.5 Å². The largest absolute Gasteiger partial charge is 0.207 e. The van der Waals surface area contributed by atoms with Gasteiger partial charge in [-0.2, -0.15) is 0 Å². The van der Waals surface area contributed by atoms with E-state index in [0.717, 1.165) is 0 Å². The summed E-state index contributed by atoms with van der Waals surface area (Å²) in [5.74, 6) is -0.158. The topological polar surface area (TPSA) is 0 Å². The smallest absolute Gasteiger partial charge is 0.154 e. The highest BCUT2D eigenvalue weighted by Crippen LogP contribution is 2.08. The molecule has 0 amide bonds. The zero-order valence-corrected chi connectivity index (χ0v) is 6.91. The zero-order valence-electron chi connectivity index (χ0n) is 6.10. The average Bonchev–Trinajstić information content (AvgIpc) is 1.88. The van der Waals surface area contributed by atoms with E-state index in [-0.39, 0.29) is 16.7 Å². The first-order valence-corrected chi connectivity index (χ1v) is 5.07. The van der Waals surface area contributed by atoms with Gasteiger partial charge in [0, 0.05) is 10.9 Å². The third kappa shape index (κ3) is 1.74. The Labute approximate surface area is 63.4 Å². The lowest BCUT2D eigenvalue weighted by atomic mass is 10.4. The molecular weight excluding hydrogens is 147 g/mol. The maximum atomic E-state index is 12.4. The van der Waals surface area contributed by atoms with E-state index in [2.05, 4.69) is 12.5 Å². The first-order chi connectivity index (χ1) is 4.70. The van der Waals surface area contributed by atoms with E-state index in [1.165, 1.54) is 17.0 Å². The van der Waals surface area contributed by atoms with Gasteiger partial charge in [-0.05, 0) is 24.3 Å². The fourth-order valence-corrected chi connectivity index (χ4v) is 1.39. The lowest BCUT2D eigenvalue weighted by molar-refractivity contribution is 0.626. The van der Waals surface area contributed by atoms with Gasteiger partial charge in [0.15, 0.2) is 4.90 Å². The molecule has 0 unspecified atom stereocenters. The minimum absolute atomic E-state index is 0.158. The molecule has 0 fully saturated rings. The Morgan fingerprint density at radius 1 is 1.10 bits per heavy atom. The predicted octanol–water partition coefficient (Wildman–Crippen LogP) is 2.06. The molecule has 0 bridgehead atoms. The van der Waals surface area contributed by atoms with Crippen molar-refractivity contribution in [3.63, 3.8) is 0 Å². The summed E-state index contributed by atoms with van der Waals surface area (Å²) >= 11 is 0. The normalized spacial score (nSPS) is 10.4. The molecule has 0 saturated heterocycles. The first kappa shape index (κ1) is 7.61. The van der Waals surface area contributed by atoms with Gasteiger partial charge in [0.05, 0.1) is 0 Å². The van der Waals surface area contributed by atoms with Gasteiger partial charge in [0.25, 0.3) is 0 Å². The predicted molar refractivity (Wildman–Crippen MR) is 43.9 cm³/mol. The Kier molecular flexibility index (Phi) is 2.33. The lowest BCUT2D eigenvalue weighted by Gasteiger charge is -1.93. The van der Waals surface area contributed by atoms with Gasteiger partial charge >= 0.3 is 0 Å². The number of rotatable bonds is 1. The molecule has 0 nitrogen and oxygen atoms in total. The van der Waals surface area contributed by atoms with Crippen LogP contribution in [-0.2, 0) is 10.9 Å². The van der Waals surface area contributed by atoms with Crippen LogP contribution < -0.4 is 0 Å². The molecule has 0 spiro atoms. The zero-order chi connectivity index (χ0) is 7.56. The highest BCUT2D eigenvalue weighted by molar-refractivity contribution is 7.95. The minimum Gasteiger partial charge on any atom is -0.207 e. The number of halogens is 1. The number of hydrogen-bond donors (Lipinski definition) is 0. The first-order valence-electron chi connectivity index (χ1n) is 3.03. The number of hydrogen-bond acceptors (Lipinski definition) is 0. The van der Waals surface area contributed by atoms with E-state index in [1.807, 2.05) is 12.1 Å². The molecule has 0 heterocycles. The molecule has 10 heavy (non-hydrogen) atoms. The maximum Gasteiger partial charge on any atom is 0.154 e. The highest BCUT2D eigenvalue weighted by atomic mass is 32.2. The van der Waals surface area contributed by atoms with Crippen molar-refractivity contribution in [1.29, 1.82) is 0 Å². The van der Waals surface area contributed by atoms with Crippen LogP contribution in [0.15, 0.2) is 29.2 Å². The van der Waals surface area contributed by atoms with Gasteiger partial charge in [0.2, 0.25) is 0 Å². The SMILES string of the molecule is C[S+](C)c1ccc(F)cc1. The molecular formula is C8H10FS+. The van der Waals surface area contributed by atoms with Gasteiger partial charge in [-0.3, -0.25) is 0 Å². The van der Waals surface area contributed by atoms with Gasteiger partial charge in [0.1, 0.15) is 18.3 Å². The van der Waals surface area contributed by atoms with Crippen molar-refractivity contribution in [2.75, 3.05) is 12.5 Å². The second-order valence-electron chi connectivity index (χ2n) is 2.27. The molecule has 54 valence electrons. The van der Waals surface area contributed by atoms with Gasteiger partial charge < -0.3 is 0 Å². The van der Waals surface area contributed by atoms with Crippen molar-refractivity contribution >= 4 is 10.9 Å². The average molecular weight is 157 g/mol. The molecule has 0 atom stereocenters. The summed E-state index contributed by atoms with van der Waals surface area (Å²) < 4.78 is 12.4. The van der Waals surface area contributed by atoms with Crippen molar-refractivity contribution in [3.05, 3.63) is 30.1 Å². The number of benzene rings is 1. The van der Waals surface area contributed by atoms with Crippen LogP contribution in [0.2, 0.25) is 0 Å². The third-order valence-corrected chi connectivity index (χ3v) is 2.50. The molecule has 0 aliphatic rings. The summed E-state index contributed by atoms with van der Waals surface area (Å²) in [6.45, 7) is 0. The fourth-order valence-electron chi connectivity index (χ4n) is 0.707. The Bertz CT molecular complexity index is 203. The monoisotopic (exact) mass is 157 g/mol. The molecule has 0 aliphatic carbocycles. The Balaban J connectivity index is 2.89. The van der Waals surface area contributed by atoms with E-state index in [1.54, 1.807) is 0 Å². The molecule has 1 aromatic carbocycles. The summed E-state index contributed by atoms with van der Waals surface area (Å²) in [6.07, 6.45) is 4.24. The second-order valence-corrected chi connectivity index (χ2v) is 4.37. The summed E-state index contributed by atoms with van der Waals surface area (Å²) in [6, 6.07) is 6.67. The summed E-state index contributed by atoms with van der Waals surface area (Å²) in [5.41, 5.74) is 0. The van der Waals surface area contributed by atoms with Gasteiger partial charge in [-0.25, -0.2) is 4.39 Å². The molecule has 0 saturated carbocycles. The van der Waals surface area contributed by atoms with Crippen LogP contribution >= 0.6 is 0 Å². The maximum absolute atomic E-state index is 12.4. The molecule has 1 rings (SSSR count). The molecule has 0 N–H and O–H groups in total. The Morgan fingerprint density at radius 3 is 2.00 bits per heavy atom. The van der Waals surface area contributed by atoms with Crippen LogP contribution in [0.3, 0.4) is 0 Å². The minimum atomic E-state index is -0.158. The van der Waals surface area contributed by atoms with Gasteiger partial charge in [-0.1, -0.05) is 0 Å². The van der Waals surface area contributed by atoms with Crippen molar-refractivity contribution in [2.24, 2.45) is 0 Å². The fraction of sp³-hybridized carbons (Fsp3) is 0.250. The Hall–Kier alpha value is -0.500.